The Kier molecular flexibility index (Phi) is 5.89. The molecule has 1 aliphatic heterocycles. The number of alkyl halides is 6. The number of para-hydroxylation sites is 1. The van der Waals surface area contributed by atoms with Crippen molar-refractivity contribution < 1.29 is 40.7 Å². The summed E-state index contributed by atoms with van der Waals surface area (Å²) in [6.07, 6.45) is -5.15. The molecule has 0 radical (unpaired) electrons. The minimum atomic E-state index is -4.99. The van der Waals surface area contributed by atoms with Crippen molar-refractivity contribution in [2.45, 2.75) is 24.5 Å². The largest absolute Gasteiger partial charge is 0.416 e. The van der Waals surface area contributed by atoms with Gasteiger partial charge in [-0.3, -0.25) is 14.5 Å². The fourth-order valence-electron chi connectivity index (χ4n) is 3.96. The lowest BCUT2D eigenvalue weighted by molar-refractivity contribution is -0.143. The van der Waals surface area contributed by atoms with E-state index >= 15 is 0 Å². The van der Waals surface area contributed by atoms with E-state index in [0.717, 1.165) is 0 Å². The Bertz CT molecular complexity index is 1120. The van der Waals surface area contributed by atoms with Crippen LogP contribution in [0.15, 0.2) is 72.8 Å². The summed E-state index contributed by atoms with van der Waals surface area (Å²) in [4.78, 5) is 26.4. The van der Waals surface area contributed by atoms with E-state index < -0.39 is 47.5 Å². The summed E-state index contributed by atoms with van der Waals surface area (Å²) >= 11 is 0. The van der Waals surface area contributed by atoms with Gasteiger partial charge in [-0.1, -0.05) is 18.2 Å². The van der Waals surface area contributed by atoms with Crippen LogP contribution < -0.4 is 4.90 Å². The van der Waals surface area contributed by atoms with Crippen molar-refractivity contribution in [3.63, 3.8) is 0 Å². The average Bonchev–Trinajstić information content (AvgIpc) is 2.77. The number of amides is 1. The highest BCUT2D eigenvalue weighted by atomic mass is 19.4. The second-order valence-corrected chi connectivity index (χ2v) is 7.96. The quantitative estimate of drug-likeness (QED) is 0.557. The number of ether oxygens (including phenoxy) is 1. The highest BCUT2D eigenvalue weighted by Gasteiger charge is 2.47. The first-order valence-electron chi connectivity index (χ1n) is 10.1. The van der Waals surface area contributed by atoms with Gasteiger partial charge in [-0.15, -0.1) is 0 Å². The van der Waals surface area contributed by atoms with E-state index in [-0.39, 0.29) is 24.0 Å². The van der Waals surface area contributed by atoms with E-state index in [1.807, 2.05) is 0 Å². The molecule has 1 spiro atoms. The SMILES string of the molecule is O=C1C=CC2(C=C1)OCC(Cc1cc(C(F)(F)F)cc(C(F)(F)F)c1)C(=O)N2c1ccccc1. The molecule has 1 atom stereocenters. The number of rotatable bonds is 3. The molecule has 1 aliphatic carbocycles. The molecule has 178 valence electrons. The fraction of sp³-hybridized carbons (Fsp3) is 0.250. The normalized spacial score (nSPS) is 20.3. The summed E-state index contributed by atoms with van der Waals surface area (Å²) in [5.74, 6) is -1.94. The molecule has 4 rings (SSSR count). The lowest BCUT2D eigenvalue weighted by Gasteiger charge is -2.46. The molecule has 1 heterocycles. The number of allylic oxidation sites excluding steroid dienone is 2. The third kappa shape index (κ3) is 4.63. The molecular weight excluding hydrogens is 464 g/mol. The van der Waals surface area contributed by atoms with Crippen LogP contribution in [-0.2, 0) is 33.1 Å². The summed E-state index contributed by atoms with van der Waals surface area (Å²) in [7, 11) is 0. The van der Waals surface area contributed by atoms with Crippen molar-refractivity contribution in [3.05, 3.63) is 89.5 Å². The predicted octanol–water partition coefficient (Wildman–Crippen LogP) is 5.34. The lowest BCUT2D eigenvalue weighted by Crippen LogP contribution is -2.60. The van der Waals surface area contributed by atoms with Crippen LogP contribution in [0.4, 0.5) is 32.0 Å². The Morgan fingerprint density at radius 1 is 0.882 bits per heavy atom. The zero-order valence-corrected chi connectivity index (χ0v) is 17.4. The number of hydrogen-bond acceptors (Lipinski definition) is 3. The maximum Gasteiger partial charge on any atom is 0.416 e. The highest BCUT2D eigenvalue weighted by molar-refractivity contribution is 6.03. The van der Waals surface area contributed by atoms with Gasteiger partial charge in [0.05, 0.1) is 23.7 Å². The van der Waals surface area contributed by atoms with Gasteiger partial charge in [0.1, 0.15) is 0 Å². The van der Waals surface area contributed by atoms with Gasteiger partial charge in [-0.05, 0) is 66.6 Å². The topological polar surface area (TPSA) is 46.6 Å². The van der Waals surface area contributed by atoms with Gasteiger partial charge in [0.15, 0.2) is 11.5 Å². The maximum absolute atomic E-state index is 13.5. The summed E-state index contributed by atoms with van der Waals surface area (Å²) in [5.41, 5.74) is -4.24. The van der Waals surface area contributed by atoms with Crippen LogP contribution in [0.5, 0.6) is 0 Å². The molecule has 34 heavy (non-hydrogen) atoms. The molecular formula is C24H17F6NO3. The van der Waals surface area contributed by atoms with Crippen LogP contribution in [0, 0.1) is 5.92 Å². The van der Waals surface area contributed by atoms with E-state index in [2.05, 4.69) is 0 Å². The van der Waals surface area contributed by atoms with E-state index in [1.165, 1.54) is 29.2 Å². The van der Waals surface area contributed by atoms with Gasteiger partial charge in [-0.2, -0.15) is 26.3 Å². The zero-order valence-electron chi connectivity index (χ0n) is 17.4. The Balaban J connectivity index is 1.71. The van der Waals surface area contributed by atoms with Crippen LogP contribution >= 0.6 is 0 Å². The van der Waals surface area contributed by atoms with Crippen molar-refractivity contribution in [2.24, 2.45) is 5.92 Å². The Morgan fingerprint density at radius 2 is 1.44 bits per heavy atom. The molecule has 2 aromatic rings. The van der Waals surface area contributed by atoms with Gasteiger partial charge in [0, 0.05) is 5.69 Å². The number of anilines is 1. The fourth-order valence-corrected chi connectivity index (χ4v) is 3.96. The van der Waals surface area contributed by atoms with Crippen molar-refractivity contribution >= 4 is 17.4 Å². The molecule has 0 N–H and O–H groups in total. The van der Waals surface area contributed by atoms with Gasteiger partial charge in [0.2, 0.25) is 5.91 Å². The van der Waals surface area contributed by atoms with Gasteiger partial charge in [0.25, 0.3) is 0 Å². The van der Waals surface area contributed by atoms with Crippen LogP contribution in [0.2, 0.25) is 0 Å². The number of nitrogens with zero attached hydrogens (tertiary/aromatic N) is 1. The summed E-state index contributed by atoms with van der Waals surface area (Å²) < 4.78 is 85.3. The Labute approximate surface area is 190 Å². The van der Waals surface area contributed by atoms with Crippen LogP contribution in [0.25, 0.3) is 0 Å². The minimum absolute atomic E-state index is 0.0442. The van der Waals surface area contributed by atoms with Crippen molar-refractivity contribution in [2.75, 3.05) is 11.5 Å². The first kappa shape index (κ1) is 23.7. The lowest BCUT2D eigenvalue weighted by atomic mass is 9.91. The standard InChI is InChI=1S/C24H17F6NO3/c25-23(26,27)17-11-15(12-18(13-17)24(28,29)30)10-16-14-34-22(8-6-20(32)7-9-22)31(21(16)33)19-4-2-1-3-5-19/h1-9,11-13,16H,10,14H2. The molecule has 2 aromatic carbocycles. The number of ketones is 1. The molecule has 1 unspecified atom stereocenters. The maximum atomic E-state index is 13.5. The summed E-state index contributed by atoms with van der Waals surface area (Å²) in [6.45, 7) is -0.275. The van der Waals surface area contributed by atoms with E-state index in [9.17, 15) is 35.9 Å². The van der Waals surface area contributed by atoms with E-state index in [0.29, 0.717) is 17.8 Å². The average molecular weight is 481 g/mol. The first-order chi connectivity index (χ1) is 15.9. The second kappa shape index (κ2) is 8.43. The van der Waals surface area contributed by atoms with E-state index in [1.54, 1.807) is 30.3 Å². The number of benzene rings is 2. The van der Waals surface area contributed by atoms with Crippen LogP contribution in [-0.4, -0.2) is 24.0 Å². The molecule has 10 heteroatoms. The van der Waals surface area contributed by atoms with Crippen LogP contribution in [0.3, 0.4) is 0 Å². The van der Waals surface area contributed by atoms with E-state index in [4.69, 9.17) is 4.74 Å². The Morgan fingerprint density at radius 3 is 1.97 bits per heavy atom. The molecule has 0 aromatic heterocycles. The van der Waals surface area contributed by atoms with Gasteiger partial charge < -0.3 is 4.74 Å². The third-order valence-electron chi connectivity index (χ3n) is 5.55. The third-order valence-corrected chi connectivity index (χ3v) is 5.55. The number of halogens is 6. The monoisotopic (exact) mass is 481 g/mol. The van der Waals surface area contributed by atoms with Crippen molar-refractivity contribution in [1.29, 1.82) is 0 Å². The molecule has 0 bridgehead atoms. The Hall–Kier alpha value is -3.40. The molecule has 1 saturated heterocycles. The number of carbonyl (C=O) groups excluding carboxylic acids is 2. The van der Waals surface area contributed by atoms with Crippen molar-refractivity contribution in [1.82, 2.24) is 0 Å². The van der Waals surface area contributed by atoms with Gasteiger partial charge in [-0.25, -0.2) is 0 Å². The number of carbonyl (C=O) groups is 2. The molecule has 1 fully saturated rings. The zero-order chi connectivity index (χ0) is 24.7. The predicted molar refractivity (Wildman–Crippen MR) is 110 cm³/mol. The summed E-state index contributed by atoms with van der Waals surface area (Å²) in [6, 6.07) is 9.50. The molecule has 4 nitrogen and oxygen atoms in total. The second-order valence-electron chi connectivity index (χ2n) is 7.96. The molecule has 1 amide bonds. The first-order valence-corrected chi connectivity index (χ1v) is 10.1. The smallest absolute Gasteiger partial charge is 0.347 e. The van der Waals surface area contributed by atoms with Gasteiger partial charge >= 0.3 is 12.4 Å². The van der Waals surface area contributed by atoms with Crippen molar-refractivity contribution in [3.8, 4) is 0 Å². The van der Waals surface area contributed by atoms with Crippen LogP contribution in [0.1, 0.15) is 16.7 Å². The number of hydrogen-bond donors (Lipinski definition) is 0. The summed E-state index contributed by atoms with van der Waals surface area (Å²) in [5, 5.41) is 0. The highest BCUT2D eigenvalue weighted by Crippen LogP contribution is 2.39. The molecule has 2 aliphatic rings. The molecule has 0 saturated carbocycles. The minimum Gasteiger partial charge on any atom is -0.347 e.